The van der Waals surface area contributed by atoms with E-state index in [2.05, 4.69) is 0 Å². The van der Waals surface area contributed by atoms with Crippen LogP contribution < -0.4 is 0 Å². The third kappa shape index (κ3) is 4.11. The molecule has 0 aliphatic heterocycles. The van der Waals surface area contributed by atoms with E-state index in [1.54, 1.807) is 0 Å². The van der Waals surface area contributed by atoms with E-state index in [0.29, 0.717) is 12.1 Å². The fourth-order valence-electron chi connectivity index (χ4n) is 1.33. The summed E-state index contributed by atoms with van der Waals surface area (Å²) in [6, 6.07) is 1.25. The van der Waals surface area contributed by atoms with Gasteiger partial charge in [0, 0.05) is 0 Å². The summed E-state index contributed by atoms with van der Waals surface area (Å²) < 4.78 is 75.1. The summed E-state index contributed by atoms with van der Waals surface area (Å²) in [6.45, 7) is 1.12. The Morgan fingerprint density at radius 1 is 1.05 bits per heavy atom. The van der Waals surface area contributed by atoms with Gasteiger partial charge in [-0.05, 0) is 30.7 Å². The Labute approximate surface area is 104 Å². The maximum absolute atomic E-state index is 12.7. The highest BCUT2D eigenvalue weighted by Crippen LogP contribution is 2.37. The second-order valence-electron chi connectivity index (χ2n) is 3.74. The van der Waals surface area contributed by atoms with Gasteiger partial charge in [0.25, 0.3) is 0 Å². The van der Waals surface area contributed by atoms with Crippen LogP contribution in [-0.2, 0) is 17.1 Å². The molecular weight excluding hydrogens is 274 g/mol. The normalized spacial score (nSPS) is 13.0. The zero-order valence-corrected chi connectivity index (χ0v) is 9.56. The van der Waals surface area contributed by atoms with Crippen LogP contribution in [-0.4, -0.2) is 5.78 Å². The lowest BCUT2D eigenvalue weighted by Gasteiger charge is -2.14. The number of benzene rings is 1. The molecule has 7 heteroatoms. The summed E-state index contributed by atoms with van der Waals surface area (Å²) in [7, 11) is 0. The van der Waals surface area contributed by atoms with Crippen LogP contribution >= 0.6 is 0 Å². The molecule has 0 amide bonds. The topological polar surface area (TPSA) is 17.1 Å². The number of ketones is 1. The minimum absolute atomic E-state index is 0.0276. The molecule has 0 fully saturated rings. The zero-order valence-electron chi connectivity index (χ0n) is 9.56. The minimum Gasteiger partial charge on any atom is -0.295 e. The first-order valence-electron chi connectivity index (χ1n) is 4.99. The predicted octanol–water partition coefficient (Wildman–Crippen LogP) is 4.33. The summed E-state index contributed by atoms with van der Waals surface area (Å²) in [4.78, 5) is 10.7. The van der Waals surface area contributed by atoms with E-state index < -0.39 is 34.8 Å². The van der Waals surface area contributed by atoms with E-state index in [0.717, 1.165) is 19.1 Å². The van der Waals surface area contributed by atoms with Crippen molar-refractivity contribution in [3.05, 3.63) is 41.0 Å². The van der Waals surface area contributed by atoms with Gasteiger partial charge in [-0.1, -0.05) is 12.1 Å². The van der Waals surface area contributed by atoms with Gasteiger partial charge in [-0.2, -0.15) is 26.3 Å². The van der Waals surface area contributed by atoms with Crippen molar-refractivity contribution in [1.82, 2.24) is 0 Å². The summed E-state index contributed by atoms with van der Waals surface area (Å²) in [5, 5.41) is 0. The Morgan fingerprint density at radius 2 is 1.63 bits per heavy atom. The van der Waals surface area contributed by atoms with Crippen LogP contribution in [0.25, 0.3) is 6.08 Å². The number of carbonyl (C=O) groups excluding carboxylic acids is 1. The lowest BCUT2D eigenvalue weighted by atomic mass is 10.0. The first-order valence-corrected chi connectivity index (χ1v) is 4.99. The van der Waals surface area contributed by atoms with Gasteiger partial charge in [-0.25, -0.2) is 0 Å². The van der Waals surface area contributed by atoms with Gasteiger partial charge in [0.2, 0.25) is 0 Å². The number of hydrogen-bond acceptors (Lipinski definition) is 1. The van der Waals surface area contributed by atoms with Crippen molar-refractivity contribution in [3.63, 3.8) is 0 Å². The fraction of sp³-hybridized carbons (Fsp3) is 0.250. The fourth-order valence-corrected chi connectivity index (χ4v) is 1.33. The largest absolute Gasteiger partial charge is 0.417 e. The van der Waals surface area contributed by atoms with Gasteiger partial charge in [0.1, 0.15) is 0 Å². The van der Waals surface area contributed by atoms with Gasteiger partial charge in [0.15, 0.2) is 5.78 Å². The molecule has 0 aliphatic rings. The SMILES string of the molecule is CC(=O)C=Cc1ccc(C(F)(F)F)cc1C(F)(F)F. The maximum Gasteiger partial charge on any atom is 0.417 e. The van der Waals surface area contributed by atoms with Crippen LogP contribution in [0.5, 0.6) is 0 Å². The second-order valence-corrected chi connectivity index (χ2v) is 3.74. The Morgan fingerprint density at radius 3 is 2.05 bits per heavy atom. The average molecular weight is 282 g/mol. The van der Waals surface area contributed by atoms with Crippen molar-refractivity contribution in [3.8, 4) is 0 Å². The monoisotopic (exact) mass is 282 g/mol. The number of allylic oxidation sites excluding steroid dienone is 1. The molecule has 1 aromatic carbocycles. The van der Waals surface area contributed by atoms with Gasteiger partial charge < -0.3 is 0 Å². The molecule has 0 saturated carbocycles. The Bertz CT molecular complexity index is 510. The lowest BCUT2D eigenvalue weighted by Crippen LogP contribution is -2.12. The Kier molecular flexibility index (Phi) is 4.07. The highest BCUT2D eigenvalue weighted by Gasteiger charge is 2.37. The molecule has 19 heavy (non-hydrogen) atoms. The molecule has 0 unspecified atom stereocenters. The minimum atomic E-state index is -4.93. The third-order valence-electron chi connectivity index (χ3n) is 2.18. The number of hydrogen-bond donors (Lipinski definition) is 0. The van der Waals surface area contributed by atoms with Crippen LogP contribution in [0, 0.1) is 0 Å². The van der Waals surface area contributed by atoms with Crippen LogP contribution in [0.4, 0.5) is 26.3 Å². The van der Waals surface area contributed by atoms with Crippen LogP contribution in [0.15, 0.2) is 24.3 Å². The molecule has 0 heterocycles. The van der Waals surface area contributed by atoms with E-state index >= 15 is 0 Å². The van der Waals surface area contributed by atoms with Gasteiger partial charge >= 0.3 is 12.4 Å². The smallest absolute Gasteiger partial charge is 0.295 e. The van der Waals surface area contributed by atoms with Gasteiger partial charge in [-0.3, -0.25) is 4.79 Å². The molecule has 0 atom stereocenters. The molecule has 1 rings (SSSR count). The second kappa shape index (κ2) is 5.07. The van der Waals surface area contributed by atoms with E-state index in [1.165, 1.54) is 0 Å². The van der Waals surface area contributed by atoms with E-state index in [9.17, 15) is 31.1 Å². The van der Waals surface area contributed by atoms with Crippen molar-refractivity contribution in [1.29, 1.82) is 0 Å². The summed E-state index contributed by atoms with van der Waals surface area (Å²) >= 11 is 0. The Hall–Kier alpha value is -1.79. The number of rotatable bonds is 2. The molecule has 0 bridgehead atoms. The van der Waals surface area contributed by atoms with Gasteiger partial charge in [-0.15, -0.1) is 0 Å². The van der Waals surface area contributed by atoms with Crippen LogP contribution in [0.1, 0.15) is 23.6 Å². The third-order valence-corrected chi connectivity index (χ3v) is 2.18. The summed E-state index contributed by atoms with van der Waals surface area (Å²) in [5.74, 6) is -0.506. The van der Waals surface area contributed by atoms with Crippen LogP contribution in [0.2, 0.25) is 0 Å². The number of carbonyl (C=O) groups is 1. The summed E-state index contributed by atoms with van der Waals surface area (Å²) in [6.07, 6.45) is -8.09. The van der Waals surface area contributed by atoms with Crippen molar-refractivity contribution < 1.29 is 31.1 Å². The van der Waals surface area contributed by atoms with Crippen molar-refractivity contribution in [2.24, 2.45) is 0 Å². The molecule has 1 aromatic rings. The van der Waals surface area contributed by atoms with Crippen LogP contribution in [0.3, 0.4) is 0 Å². The standard InChI is InChI=1S/C12H8F6O/c1-7(19)2-3-8-4-5-9(11(13,14)15)6-10(8)12(16,17)18/h2-6H,1H3. The molecule has 0 aliphatic carbocycles. The van der Waals surface area contributed by atoms with Crippen molar-refractivity contribution in [2.75, 3.05) is 0 Å². The highest BCUT2D eigenvalue weighted by molar-refractivity contribution is 5.91. The quantitative estimate of drug-likeness (QED) is 0.583. The van der Waals surface area contributed by atoms with E-state index in [-0.39, 0.29) is 6.07 Å². The number of alkyl halides is 6. The highest BCUT2D eigenvalue weighted by atomic mass is 19.4. The number of halogens is 6. The van der Waals surface area contributed by atoms with Crippen molar-refractivity contribution in [2.45, 2.75) is 19.3 Å². The predicted molar refractivity (Wildman–Crippen MR) is 56.2 cm³/mol. The molecule has 0 radical (unpaired) electrons. The molecule has 0 saturated heterocycles. The molecular formula is C12H8F6O. The van der Waals surface area contributed by atoms with E-state index in [1.807, 2.05) is 0 Å². The molecule has 0 N–H and O–H groups in total. The molecule has 0 aromatic heterocycles. The van der Waals surface area contributed by atoms with Crippen molar-refractivity contribution >= 4 is 11.9 Å². The molecule has 0 spiro atoms. The van der Waals surface area contributed by atoms with Gasteiger partial charge in [0.05, 0.1) is 11.1 Å². The first kappa shape index (κ1) is 15.3. The lowest BCUT2D eigenvalue weighted by molar-refractivity contribution is -0.143. The Balaban J connectivity index is 3.38. The summed E-state index contributed by atoms with van der Waals surface area (Å²) in [5.41, 5.74) is -3.31. The first-order chi connectivity index (χ1) is 8.51. The maximum atomic E-state index is 12.7. The zero-order chi connectivity index (χ0) is 14.8. The van der Waals surface area contributed by atoms with E-state index in [4.69, 9.17) is 0 Å². The molecule has 1 nitrogen and oxygen atoms in total. The average Bonchev–Trinajstić information content (AvgIpc) is 2.23. The molecule has 104 valence electrons.